The van der Waals surface area contributed by atoms with Crippen LogP contribution in [0.1, 0.15) is 0 Å². The second kappa shape index (κ2) is 7.79. The number of nitrogens with one attached hydrogen (secondary N) is 1. The van der Waals surface area contributed by atoms with Crippen LogP contribution < -0.4 is 56.7 Å². The molecule has 1 aliphatic heterocycles. The molecule has 0 saturated carbocycles. The van der Waals surface area contributed by atoms with E-state index in [2.05, 4.69) is 15.7 Å². The molecular weight excluding hydrogens is 295 g/mol. The van der Waals surface area contributed by atoms with E-state index >= 15 is 0 Å². The Hall–Kier alpha value is 0.126. The van der Waals surface area contributed by atoms with Crippen molar-refractivity contribution in [3.8, 4) is 0 Å². The molecule has 0 atom stereocenters. The smallest absolute Gasteiger partial charge is 0.744 e. The molecule has 19 heavy (non-hydrogen) atoms. The van der Waals surface area contributed by atoms with E-state index in [0.29, 0.717) is 5.69 Å². The van der Waals surface area contributed by atoms with Gasteiger partial charge in [0.05, 0.1) is 23.7 Å². The molecule has 9 heteroatoms. The van der Waals surface area contributed by atoms with Crippen LogP contribution in [0.15, 0.2) is 39.5 Å². The summed E-state index contributed by atoms with van der Waals surface area (Å²) in [4.78, 5) is -0.261. The molecule has 98 valence electrons. The quantitative estimate of drug-likeness (QED) is 0.378. The first-order valence-electron chi connectivity index (χ1n) is 5.49. The molecule has 1 fully saturated rings. The second-order valence-electron chi connectivity index (χ2n) is 3.84. The molecule has 1 aromatic carbocycles. The fraction of sp³-hybridized carbons (Fsp3) is 0.400. The van der Waals surface area contributed by atoms with Crippen molar-refractivity contribution in [3.63, 3.8) is 0 Å². The molecule has 0 radical (unpaired) electrons. The van der Waals surface area contributed by atoms with Crippen LogP contribution in [0.25, 0.3) is 0 Å². The number of nitrogens with zero attached hydrogens (tertiary/aromatic N) is 3. The summed E-state index contributed by atoms with van der Waals surface area (Å²) in [5.41, 5.74) is 0.515. The molecule has 0 bridgehead atoms. The summed E-state index contributed by atoms with van der Waals surface area (Å²) in [5, 5.41) is 13.0. The molecule has 0 unspecified atom stereocenters. The van der Waals surface area contributed by atoms with Crippen molar-refractivity contribution in [1.29, 1.82) is 0 Å². The van der Waals surface area contributed by atoms with Crippen LogP contribution in [0.4, 0.5) is 5.69 Å². The van der Waals surface area contributed by atoms with Gasteiger partial charge in [-0.1, -0.05) is 5.22 Å². The van der Waals surface area contributed by atoms with E-state index < -0.39 is 10.1 Å². The molecule has 0 amide bonds. The Morgan fingerprint density at radius 3 is 2.26 bits per heavy atom. The minimum absolute atomic E-state index is 0. The molecule has 1 aromatic rings. The van der Waals surface area contributed by atoms with Gasteiger partial charge in [-0.3, -0.25) is 5.01 Å². The molecule has 7 nitrogen and oxygen atoms in total. The maximum atomic E-state index is 10.7. The second-order valence-corrected chi connectivity index (χ2v) is 5.22. The van der Waals surface area contributed by atoms with E-state index in [-0.39, 0.29) is 56.3 Å². The van der Waals surface area contributed by atoms with Gasteiger partial charge < -0.3 is 9.87 Å². The van der Waals surface area contributed by atoms with Crippen LogP contribution in [0, 0.1) is 0 Å². The molecule has 1 aliphatic rings. The zero-order valence-electron chi connectivity index (χ0n) is 10.6. The van der Waals surface area contributed by atoms with Crippen molar-refractivity contribution in [3.05, 3.63) is 24.3 Å². The van der Waals surface area contributed by atoms with Gasteiger partial charge in [0.25, 0.3) is 0 Å². The Labute approximate surface area is 154 Å². The van der Waals surface area contributed by atoms with Crippen LogP contribution in [-0.4, -0.2) is 44.2 Å². The first-order valence-corrected chi connectivity index (χ1v) is 6.90. The van der Waals surface area contributed by atoms with Gasteiger partial charge in [0, 0.05) is 13.1 Å². The Kier molecular flexibility index (Phi) is 7.04. The van der Waals surface area contributed by atoms with Gasteiger partial charge in [0.15, 0.2) is 0 Å². The topological polar surface area (TPSA) is 97.2 Å². The number of hydrogen-bond donors (Lipinski definition) is 1. The van der Waals surface area contributed by atoms with Crippen molar-refractivity contribution >= 4 is 15.8 Å². The molecule has 2 rings (SSSR count). The first kappa shape index (κ1) is 17.2. The summed E-state index contributed by atoms with van der Waals surface area (Å²) >= 11 is 0. The zero-order chi connectivity index (χ0) is 13.0. The van der Waals surface area contributed by atoms with E-state index in [1.807, 2.05) is 5.01 Å². The normalized spacial score (nSPS) is 16.4. The molecular formula is C10H13KN4O3S. The van der Waals surface area contributed by atoms with E-state index in [9.17, 15) is 13.0 Å². The number of piperazine rings is 1. The van der Waals surface area contributed by atoms with E-state index in [0.717, 1.165) is 26.2 Å². The van der Waals surface area contributed by atoms with Gasteiger partial charge in [0.2, 0.25) is 0 Å². The molecule has 1 N–H and O–H groups in total. The van der Waals surface area contributed by atoms with Crippen LogP contribution in [0.3, 0.4) is 0 Å². The van der Waals surface area contributed by atoms with E-state index in [1.165, 1.54) is 24.3 Å². The minimum atomic E-state index is -4.40. The Morgan fingerprint density at radius 1 is 1.16 bits per heavy atom. The summed E-state index contributed by atoms with van der Waals surface area (Å²) in [6, 6.07) is 5.37. The predicted molar refractivity (Wildman–Crippen MR) is 63.4 cm³/mol. The molecule has 0 spiro atoms. The van der Waals surface area contributed by atoms with Gasteiger partial charge in [0.1, 0.15) is 10.1 Å². The average Bonchev–Trinajstić information content (AvgIpc) is 2.37. The number of hydrogen-bond acceptors (Lipinski definition) is 6. The Morgan fingerprint density at radius 2 is 1.74 bits per heavy atom. The van der Waals surface area contributed by atoms with Crippen molar-refractivity contribution in [2.45, 2.75) is 4.90 Å². The SMILES string of the molecule is O=S(=O)([O-])c1ccc(N=NN2CCNCC2)cc1.[K+]. The molecule has 0 aliphatic carbocycles. The van der Waals surface area contributed by atoms with Gasteiger partial charge in [-0.2, -0.15) is 0 Å². The summed E-state index contributed by atoms with van der Waals surface area (Å²) in [5.74, 6) is 0. The summed E-state index contributed by atoms with van der Waals surface area (Å²) in [7, 11) is -4.40. The predicted octanol–water partition coefficient (Wildman–Crippen LogP) is -2.50. The standard InChI is InChI=1S/C10H14N4O3S.K/c15-18(16,17)10-3-1-9(2-4-10)12-13-14-7-5-11-6-8-14;/h1-4,11H,5-8H2,(H,15,16,17);/q;+1/p-1. The molecule has 1 saturated heterocycles. The van der Waals surface area contributed by atoms with Crippen LogP contribution in [0.5, 0.6) is 0 Å². The maximum absolute atomic E-state index is 10.7. The maximum Gasteiger partial charge on any atom is 1.00 e. The van der Waals surface area contributed by atoms with E-state index in [4.69, 9.17) is 0 Å². The Balaban J connectivity index is 0.00000180. The largest absolute Gasteiger partial charge is 1.00 e. The number of benzene rings is 1. The third kappa shape index (κ3) is 5.56. The van der Waals surface area contributed by atoms with Crippen molar-refractivity contribution in [1.82, 2.24) is 10.3 Å². The van der Waals surface area contributed by atoms with Crippen LogP contribution in [-0.2, 0) is 10.1 Å². The van der Waals surface area contributed by atoms with Gasteiger partial charge in [-0.15, -0.1) is 5.11 Å². The first-order chi connectivity index (χ1) is 8.55. The van der Waals surface area contributed by atoms with E-state index in [1.54, 1.807) is 0 Å². The van der Waals surface area contributed by atoms with Gasteiger partial charge in [-0.25, -0.2) is 8.42 Å². The monoisotopic (exact) mass is 308 g/mol. The van der Waals surface area contributed by atoms with Gasteiger partial charge >= 0.3 is 51.4 Å². The zero-order valence-corrected chi connectivity index (χ0v) is 14.6. The fourth-order valence-corrected chi connectivity index (χ4v) is 2.01. The average molecular weight is 308 g/mol. The third-order valence-electron chi connectivity index (χ3n) is 2.51. The summed E-state index contributed by atoms with van der Waals surface area (Å²) < 4.78 is 32.2. The number of rotatable bonds is 3. The van der Waals surface area contributed by atoms with Crippen molar-refractivity contribution in [2.75, 3.05) is 26.2 Å². The Bertz CT molecular complexity index is 526. The minimum Gasteiger partial charge on any atom is -0.744 e. The van der Waals surface area contributed by atoms with Gasteiger partial charge in [-0.05, 0) is 24.3 Å². The van der Waals surface area contributed by atoms with Crippen molar-refractivity contribution < 1.29 is 64.4 Å². The molecule has 0 aromatic heterocycles. The summed E-state index contributed by atoms with van der Waals surface area (Å²) in [6.45, 7) is 3.31. The van der Waals surface area contributed by atoms with Crippen LogP contribution in [0.2, 0.25) is 0 Å². The molecule has 1 heterocycles. The van der Waals surface area contributed by atoms with Crippen molar-refractivity contribution in [2.24, 2.45) is 10.3 Å². The third-order valence-corrected chi connectivity index (χ3v) is 3.35. The fourth-order valence-electron chi connectivity index (χ4n) is 1.54. The summed E-state index contributed by atoms with van der Waals surface area (Å²) in [6.07, 6.45) is 0. The van der Waals surface area contributed by atoms with Crippen LogP contribution >= 0.6 is 0 Å².